The number of hydrogen-bond acceptors (Lipinski definition) is 4. The Balaban J connectivity index is 1.34. The zero-order valence-corrected chi connectivity index (χ0v) is 18.8. The Kier molecular flexibility index (Phi) is 6.29. The molecule has 0 spiro atoms. The summed E-state index contributed by atoms with van der Waals surface area (Å²) < 4.78 is 33.9. The molecule has 0 bridgehead atoms. The van der Waals surface area contributed by atoms with Crippen LogP contribution in [0.15, 0.2) is 48.5 Å². The Morgan fingerprint density at radius 3 is 2.18 bits per heavy atom. The predicted molar refractivity (Wildman–Crippen MR) is 119 cm³/mol. The van der Waals surface area contributed by atoms with Crippen LogP contribution >= 0.6 is 0 Å². The number of amides is 2. The SMILES string of the molecule is CCC(C(=O)O)N(C)C(=O)[C@@H]1[C@H](CNC(=O)OCC2c3ccccc3-c3ccccc32)C1(F)F. The molecule has 2 N–H and O–H groups in total. The van der Waals surface area contributed by atoms with E-state index in [1.54, 1.807) is 6.92 Å². The zero-order valence-electron chi connectivity index (χ0n) is 18.8. The summed E-state index contributed by atoms with van der Waals surface area (Å²) in [5.41, 5.74) is 4.20. The maximum atomic E-state index is 14.3. The minimum absolute atomic E-state index is 0.0445. The lowest BCUT2D eigenvalue weighted by atomic mass is 9.98. The first-order chi connectivity index (χ1) is 16.2. The van der Waals surface area contributed by atoms with E-state index in [1.165, 1.54) is 7.05 Å². The number of carbonyl (C=O) groups is 3. The van der Waals surface area contributed by atoms with E-state index in [-0.39, 0.29) is 18.9 Å². The smallest absolute Gasteiger partial charge is 0.407 e. The topological polar surface area (TPSA) is 95.9 Å². The number of ether oxygens (including phenoxy) is 1. The van der Waals surface area contributed by atoms with E-state index < -0.39 is 48.3 Å². The third-order valence-corrected chi connectivity index (χ3v) is 6.77. The summed E-state index contributed by atoms with van der Waals surface area (Å²) in [6.45, 7) is 1.16. The van der Waals surface area contributed by atoms with Crippen LogP contribution in [-0.4, -0.2) is 60.1 Å². The highest BCUT2D eigenvalue weighted by atomic mass is 19.3. The minimum Gasteiger partial charge on any atom is -0.480 e. The molecule has 1 unspecified atom stereocenters. The summed E-state index contributed by atoms with van der Waals surface area (Å²) in [7, 11) is 1.20. The fourth-order valence-corrected chi connectivity index (χ4v) is 4.81. The van der Waals surface area contributed by atoms with Gasteiger partial charge in [0, 0.05) is 19.5 Å². The van der Waals surface area contributed by atoms with E-state index in [4.69, 9.17) is 4.74 Å². The number of nitrogens with one attached hydrogen (secondary N) is 1. The van der Waals surface area contributed by atoms with E-state index in [2.05, 4.69) is 5.32 Å². The monoisotopic (exact) mass is 472 g/mol. The lowest BCUT2D eigenvalue weighted by Gasteiger charge is -2.23. The van der Waals surface area contributed by atoms with Crippen LogP contribution in [0.3, 0.4) is 0 Å². The molecule has 0 aliphatic heterocycles. The van der Waals surface area contributed by atoms with E-state index in [9.17, 15) is 28.3 Å². The second-order valence-electron chi connectivity index (χ2n) is 8.68. The minimum atomic E-state index is -3.32. The fourth-order valence-electron chi connectivity index (χ4n) is 4.81. The average molecular weight is 472 g/mol. The van der Waals surface area contributed by atoms with Gasteiger partial charge in [0.1, 0.15) is 18.6 Å². The van der Waals surface area contributed by atoms with Crippen molar-refractivity contribution in [2.75, 3.05) is 20.2 Å². The molecular formula is C25H26F2N2O5. The highest BCUT2D eigenvalue weighted by molar-refractivity contribution is 5.88. The van der Waals surface area contributed by atoms with Crippen LogP contribution in [0.1, 0.15) is 30.4 Å². The Morgan fingerprint density at radius 1 is 1.09 bits per heavy atom. The number of fused-ring (bicyclic) bond motifs is 3. The van der Waals surface area contributed by atoms with Crippen LogP contribution in [0.4, 0.5) is 13.6 Å². The number of hydrogen-bond donors (Lipinski definition) is 2. The normalized spacial score (nSPS) is 20.6. The molecule has 34 heavy (non-hydrogen) atoms. The van der Waals surface area contributed by atoms with Gasteiger partial charge in [-0.1, -0.05) is 55.5 Å². The van der Waals surface area contributed by atoms with Crippen molar-refractivity contribution in [1.29, 1.82) is 0 Å². The fraction of sp³-hybridized carbons (Fsp3) is 0.400. The van der Waals surface area contributed by atoms with Crippen molar-refractivity contribution in [2.45, 2.75) is 31.2 Å². The summed E-state index contributed by atoms with van der Waals surface area (Å²) in [4.78, 5) is 36.8. The van der Waals surface area contributed by atoms with E-state index in [1.807, 2.05) is 48.5 Å². The number of carboxylic acid groups (broad SMARTS) is 1. The zero-order chi connectivity index (χ0) is 24.6. The Bertz CT molecular complexity index is 1080. The largest absolute Gasteiger partial charge is 0.480 e. The molecule has 9 heteroatoms. The Labute approximate surface area is 195 Å². The molecule has 4 rings (SSSR count). The molecule has 7 nitrogen and oxygen atoms in total. The first-order valence-electron chi connectivity index (χ1n) is 11.1. The number of carboxylic acids is 1. The molecule has 3 atom stereocenters. The average Bonchev–Trinajstić information content (AvgIpc) is 3.21. The maximum absolute atomic E-state index is 14.3. The summed E-state index contributed by atoms with van der Waals surface area (Å²) in [5, 5.41) is 11.5. The highest BCUT2D eigenvalue weighted by Crippen LogP contribution is 2.55. The van der Waals surface area contributed by atoms with Gasteiger partial charge in [-0.15, -0.1) is 0 Å². The van der Waals surface area contributed by atoms with Crippen molar-refractivity contribution in [2.24, 2.45) is 11.8 Å². The maximum Gasteiger partial charge on any atom is 0.407 e. The second-order valence-corrected chi connectivity index (χ2v) is 8.68. The molecule has 1 saturated carbocycles. The van der Waals surface area contributed by atoms with Gasteiger partial charge in [-0.05, 0) is 28.7 Å². The third kappa shape index (κ3) is 4.10. The van der Waals surface area contributed by atoms with Crippen molar-refractivity contribution in [3.8, 4) is 11.1 Å². The first-order valence-corrected chi connectivity index (χ1v) is 11.1. The number of rotatable bonds is 8. The molecular weight excluding hydrogens is 446 g/mol. The van der Waals surface area contributed by atoms with Crippen molar-refractivity contribution >= 4 is 18.0 Å². The van der Waals surface area contributed by atoms with Gasteiger partial charge >= 0.3 is 12.1 Å². The standard InChI is InChI=1S/C25H26F2N2O5/c1-3-20(23(31)32)29(2)22(30)21-19(25(21,26)27)12-28-24(33)34-13-18-16-10-6-4-8-14(16)15-9-5-7-11-17(15)18/h4-11,18-21H,3,12-13H2,1-2H3,(H,28,33)(H,31,32)/t19-,20?,21-/m0/s1. The molecule has 2 aromatic rings. The number of alkyl halides is 2. The lowest BCUT2D eigenvalue weighted by molar-refractivity contribution is -0.150. The van der Waals surface area contributed by atoms with Crippen molar-refractivity contribution in [1.82, 2.24) is 10.2 Å². The lowest BCUT2D eigenvalue weighted by Crippen LogP contribution is -2.43. The van der Waals surface area contributed by atoms with E-state index in [0.717, 1.165) is 27.2 Å². The quantitative estimate of drug-likeness (QED) is 0.611. The molecule has 2 aliphatic rings. The third-order valence-electron chi connectivity index (χ3n) is 6.77. The van der Waals surface area contributed by atoms with Crippen LogP contribution in [0, 0.1) is 11.8 Å². The number of halogens is 2. The van der Waals surface area contributed by atoms with Gasteiger partial charge in [0.2, 0.25) is 5.91 Å². The summed E-state index contributed by atoms with van der Waals surface area (Å²) in [5.74, 6) is -8.76. The van der Waals surface area contributed by atoms with Crippen LogP contribution in [-0.2, 0) is 14.3 Å². The molecule has 2 aliphatic carbocycles. The van der Waals surface area contributed by atoms with Gasteiger partial charge < -0.3 is 20.1 Å². The molecule has 180 valence electrons. The number of nitrogens with zero attached hydrogens (tertiary/aromatic N) is 1. The van der Waals surface area contributed by atoms with Crippen molar-refractivity contribution in [3.63, 3.8) is 0 Å². The molecule has 0 aromatic heterocycles. The van der Waals surface area contributed by atoms with Gasteiger partial charge in [0.15, 0.2) is 0 Å². The summed E-state index contributed by atoms with van der Waals surface area (Å²) in [6, 6.07) is 14.5. The summed E-state index contributed by atoms with van der Waals surface area (Å²) in [6.07, 6.45) is -0.750. The molecule has 1 fully saturated rings. The molecule has 0 heterocycles. The van der Waals surface area contributed by atoms with Crippen molar-refractivity contribution in [3.05, 3.63) is 59.7 Å². The predicted octanol–water partition coefficient (Wildman–Crippen LogP) is 3.73. The Hall–Kier alpha value is -3.49. The van der Waals surface area contributed by atoms with Crippen LogP contribution in [0.25, 0.3) is 11.1 Å². The van der Waals surface area contributed by atoms with Crippen LogP contribution < -0.4 is 5.32 Å². The van der Waals surface area contributed by atoms with Crippen molar-refractivity contribution < 1.29 is 33.0 Å². The first kappa shape index (κ1) is 23.7. The molecule has 2 aromatic carbocycles. The van der Waals surface area contributed by atoms with Crippen LogP contribution in [0.5, 0.6) is 0 Å². The van der Waals surface area contributed by atoms with Crippen LogP contribution in [0.2, 0.25) is 0 Å². The number of benzene rings is 2. The number of carbonyl (C=O) groups excluding carboxylic acids is 2. The second kappa shape index (κ2) is 9.04. The van der Waals surface area contributed by atoms with E-state index in [0.29, 0.717) is 0 Å². The van der Waals surface area contributed by atoms with Gasteiger partial charge in [-0.3, -0.25) is 4.79 Å². The van der Waals surface area contributed by atoms with Gasteiger partial charge in [0.25, 0.3) is 5.92 Å². The van der Waals surface area contributed by atoms with Gasteiger partial charge in [-0.25, -0.2) is 18.4 Å². The molecule has 0 radical (unpaired) electrons. The number of alkyl carbamates (subject to hydrolysis) is 1. The summed E-state index contributed by atoms with van der Waals surface area (Å²) >= 11 is 0. The molecule has 2 amide bonds. The number of likely N-dealkylation sites (N-methyl/N-ethyl adjacent to an activating group) is 1. The van der Waals surface area contributed by atoms with E-state index >= 15 is 0 Å². The number of aliphatic carboxylic acids is 1. The Morgan fingerprint density at radius 2 is 1.65 bits per heavy atom. The molecule has 0 saturated heterocycles. The van der Waals surface area contributed by atoms with Gasteiger partial charge in [0.05, 0.1) is 5.92 Å². The van der Waals surface area contributed by atoms with Gasteiger partial charge in [-0.2, -0.15) is 0 Å². The highest BCUT2D eigenvalue weighted by Gasteiger charge is 2.72.